The molecule has 0 aliphatic carbocycles. The van der Waals surface area contributed by atoms with Gasteiger partial charge in [0.1, 0.15) is 6.04 Å². The van der Waals surface area contributed by atoms with Crippen molar-refractivity contribution in [3.63, 3.8) is 0 Å². The van der Waals surface area contributed by atoms with Crippen LogP contribution in [0.25, 0.3) is 10.7 Å². The van der Waals surface area contributed by atoms with E-state index in [0.29, 0.717) is 21.8 Å². The number of hydrogen-bond donors (Lipinski definition) is 3. The summed E-state index contributed by atoms with van der Waals surface area (Å²) in [6.07, 6.45) is 0.828. The molecule has 0 aliphatic rings. The third kappa shape index (κ3) is 4.85. The first-order valence-corrected chi connectivity index (χ1v) is 10.9. The van der Waals surface area contributed by atoms with Gasteiger partial charge >= 0.3 is 0 Å². The topological polar surface area (TPSA) is 91.8 Å². The van der Waals surface area contributed by atoms with Crippen molar-refractivity contribution in [1.82, 2.24) is 20.1 Å². The SMILES string of the molecule is CCC(C)(C)NC(=O)c1ccc(NC(=O)C(C)n2c(-c3cccs3)n[nH]c2=S)cc1. The van der Waals surface area contributed by atoms with Crippen molar-refractivity contribution in [3.05, 3.63) is 52.1 Å². The third-order valence-corrected chi connectivity index (χ3v) is 6.12. The van der Waals surface area contributed by atoms with E-state index < -0.39 is 6.04 Å². The number of hydrogen-bond acceptors (Lipinski definition) is 5. The highest BCUT2D eigenvalue weighted by atomic mass is 32.1. The molecule has 2 heterocycles. The zero-order valence-electron chi connectivity index (χ0n) is 17.4. The van der Waals surface area contributed by atoms with Crippen molar-refractivity contribution in [2.45, 2.75) is 45.7 Å². The standard InChI is InChI=1S/C21H25N5O2S2/c1-5-21(3,4)23-19(28)14-8-10-15(11-9-14)22-18(27)13(2)26-17(24-25-20(26)29)16-7-6-12-30-16/h6-13H,5H2,1-4H3,(H,22,27)(H,23,28)(H,25,29). The molecule has 3 rings (SSSR count). The van der Waals surface area contributed by atoms with Gasteiger partial charge in [-0.15, -0.1) is 11.3 Å². The lowest BCUT2D eigenvalue weighted by Gasteiger charge is -2.24. The van der Waals surface area contributed by atoms with Crippen molar-refractivity contribution >= 4 is 41.1 Å². The highest BCUT2D eigenvalue weighted by Gasteiger charge is 2.22. The van der Waals surface area contributed by atoms with E-state index in [0.717, 1.165) is 11.3 Å². The highest BCUT2D eigenvalue weighted by molar-refractivity contribution is 7.71. The Balaban J connectivity index is 1.72. The molecule has 3 aromatic rings. The first-order valence-electron chi connectivity index (χ1n) is 9.66. The minimum Gasteiger partial charge on any atom is -0.347 e. The fraction of sp³-hybridized carbons (Fsp3) is 0.333. The lowest BCUT2D eigenvalue weighted by molar-refractivity contribution is -0.118. The fourth-order valence-corrected chi connectivity index (χ4v) is 3.78. The summed E-state index contributed by atoms with van der Waals surface area (Å²) in [6, 6.07) is 10.1. The Labute approximate surface area is 184 Å². The van der Waals surface area contributed by atoms with E-state index in [1.165, 1.54) is 11.3 Å². The van der Waals surface area contributed by atoms with Gasteiger partial charge in [-0.05, 0) is 75.1 Å². The Morgan fingerprint density at radius 1 is 1.27 bits per heavy atom. The van der Waals surface area contributed by atoms with E-state index in [1.54, 1.807) is 35.8 Å². The van der Waals surface area contributed by atoms with Gasteiger partial charge in [0, 0.05) is 16.8 Å². The van der Waals surface area contributed by atoms with E-state index in [9.17, 15) is 9.59 Å². The Bertz CT molecular complexity index is 1080. The molecule has 0 radical (unpaired) electrons. The molecule has 0 fully saturated rings. The average molecular weight is 444 g/mol. The van der Waals surface area contributed by atoms with E-state index >= 15 is 0 Å². The van der Waals surface area contributed by atoms with Gasteiger partial charge in [0.2, 0.25) is 5.91 Å². The third-order valence-electron chi connectivity index (χ3n) is 4.96. The number of amides is 2. The summed E-state index contributed by atoms with van der Waals surface area (Å²) in [5.41, 5.74) is 0.870. The van der Waals surface area contributed by atoms with Crippen LogP contribution in [0.3, 0.4) is 0 Å². The van der Waals surface area contributed by atoms with Crippen molar-refractivity contribution in [3.8, 4) is 10.7 Å². The maximum absolute atomic E-state index is 12.8. The molecule has 2 amide bonds. The lowest BCUT2D eigenvalue weighted by atomic mass is 10.0. The normalized spacial score (nSPS) is 12.4. The number of aromatic nitrogens is 3. The second kappa shape index (κ2) is 8.93. The number of benzene rings is 1. The van der Waals surface area contributed by atoms with Crippen LogP contribution in [-0.2, 0) is 4.79 Å². The van der Waals surface area contributed by atoms with Crippen LogP contribution in [0.1, 0.15) is 50.5 Å². The molecule has 0 saturated heterocycles. The lowest BCUT2D eigenvalue weighted by Crippen LogP contribution is -2.42. The molecule has 30 heavy (non-hydrogen) atoms. The predicted molar refractivity (Wildman–Crippen MR) is 122 cm³/mol. The molecule has 1 aromatic carbocycles. The van der Waals surface area contributed by atoms with Gasteiger partial charge in [-0.1, -0.05) is 13.0 Å². The summed E-state index contributed by atoms with van der Waals surface area (Å²) in [7, 11) is 0. The van der Waals surface area contributed by atoms with Gasteiger partial charge in [0.05, 0.1) is 4.88 Å². The van der Waals surface area contributed by atoms with Crippen LogP contribution in [-0.4, -0.2) is 32.1 Å². The smallest absolute Gasteiger partial charge is 0.251 e. The first-order chi connectivity index (χ1) is 14.2. The second-order valence-corrected chi connectivity index (χ2v) is 8.97. The van der Waals surface area contributed by atoms with Crippen LogP contribution in [0.15, 0.2) is 41.8 Å². The highest BCUT2D eigenvalue weighted by Crippen LogP contribution is 2.26. The van der Waals surface area contributed by atoms with Gasteiger partial charge in [-0.3, -0.25) is 19.3 Å². The molecule has 9 heteroatoms. The van der Waals surface area contributed by atoms with Crippen LogP contribution in [0.2, 0.25) is 0 Å². The van der Waals surface area contributed by atoms with E-state index in [4.69, 9.17) is 12.2 Å². The Morgan fingerprint density at radius 2 is 1.97 bits per heavy atom. The monoisotopic (exact) mass is 443 g/mol. The van der Waals surface area contributed by atoms with Gasteiger partial charge in [-0.25, -0.2) is 0 Å². The summed E-state index contributed by atoms with van der Waals surface area (Å²) < 4.78 is 2.08. The summed E-state index contributed by atoms with van der Waals surface area (Å²) in [5.74, 6) is 0.260. The maximum atomic E-state index is 12.8. The quantitative estimate of drug-likeness (QED) is 0.458. The van der Waals surface area contributed by atoms with Crippen molar-refractivity contribution in [1.29, 1.82) is 0 Å². The zero-order chi connectivity index (χ0) is 21.9. The minimum absolute atomic E-state index is 0.140. The summed E-state index contributed by atoms with van der Waals surface area (Å²) in [4.78, 5) is 26.1. The minimum atomic E-state index is -0.568. The number of carbonyl (C=O) groups is 2. The molecular weight excluding hydrogens is 418 g/mol. The Hall–Kier alpha value is -2.78. The van der Waals surface area contributed by atoms with Crippen LogP contribution in [0.5, 0.6) is 0 Å². The van der Waals surface area contributed by atoms with Gasteiger partial charge < -0.3 is 10.6 Å². The van der Waals surface area contributed by atoms with Crippen molar-refractivity contribution in [2.24, 2.45) is 0 Å². The van der Waals surface area contributed by atoms with Crippen molar-refractivity contribution in [2.75, 3.05) is 5.32 Å². The average Bonchev–Trinajstić information content (AvgIpc) is 3.37. The Kier molecular flexibility index (Phi) is 6.52. The van der Waals surface area contributed by atoms with Crippen LogP contribution in [0.4, 0.5) is 5.69 Å². The molecule has 7 nitrogen and oxygen atoms in total. The maximum Gasteiger partial charge on any atom is 0.251 e. The van der Waals surface area contributed by atoms with E-state index in [1.807, 2.05) is 38.3 Å². The number of carbonyl (C=O) groups excluding carboxylic acids is 2. The number of aromatic amines is 1. The number of rotatable bonds is 7. The summed E-state index contributed by atoms with van der Waals surface area (Å²) in [5, 5.41) is 14.9. The molecule has 0 aliphatic heterocycles. The molecule has 2 aromatic heterocycles. The molecule has 0 saturated carbocycles. The number of nitrogens with zero attached hydrogens (tertiary/aromatic N) is 2. The second-order valence-electron chi connectivity index (χ2n) is 7.63. The van der Waals surface area contributed by atoms with Crippen molar-refractivity contribution < 1.29 is 9.59 Å². The van der Waals surface area contributed by atoms with Crippen LogP contribution in [0, 0.1) is 4.77 Å². The zero-order valence-corrected chi connectivity index (χ0v) is 19.0. The first kappa shape index (κ1) is 21.9. The molecule has 1 unspecified atom stereocenters. The van der Waals surface area contributed by atoms with E-state index in [-0.39, 0.29) is 17.4 Å². The molecule has 1 atom stereocenters. The molecule has 3 N–H and O–H groups in total. The fourth-order valence-electron chi connectivity index (χ4n) is 2.78. The molecule has 0 spiro atoms. The van der Waals surface area contributed by atoms with Gasteiger partial charge in [-0.2, -0.15) is 5.10 Å². The number of nitrogens with one attached hydrogen (secondary N) is 3. The number of H-pyrrole nitrogens is 1. The number of anilines is 1. The summed E-state index contributed by atoms with van der Waals surface area (Å²) >= 11 is 6.86. The summed E-state index contributed by atoms with van der Waals surface area (Å²) in [6.45, 7) is 7.75. The number of thiophene rings is 1. The van der Waals surface area contributed by atoms with Gasteiger partial charge in [0.15, 0.2) is 10.6 Å². The Morgan fingerprint density at radius 3 is 2.57 bits per heavy atom. The molecule has 158 valence electrons. The largest absolute Gasteiger partial charge is 0.347 e. The van der Waals surface area contributed by atoms with Gasteiger partial charge in [0.25, 0.3) is 5.91 Å². The molecular formula is C21H25N5O2S2. The van der Waals surface area contributed by atoms with Crippen LogP contribution >= 0.6 is 23.6 Å². The van der Waals surface area contributed by atoms with E-state index in [2.05, 4.69) is 20.8 Å². The predicted octanol–water partition coefficient (Wildman–Crippen LogP) is 4.79. The van der Waals surface area contributed by atoms with Crippen LogP contribution < -0.4 is 10.6 Å². The molecule has 0 bridgehead atoms.